The summed E-state index contributed by atoms with van der Waals surface area (Å²) < 4.78 is 36.6. The highest BCUT2D eigenvalue weighted by Crippen LogP contribution is 2.32. The van der Waals surface area contributed by atoms with Crippen molar-refractivity contribution in [3.05, 3.63) is 126 Å². The van der Waals surface area contributed by atoms with Crippen molar-refractivity contribution in [1.82, 2.24) is 18.6 Å². The van der Waals surface area contributed by atoms with Crippen molar-refractivity contribution in [3.63, 3.8) is 0 Å². The third-order valence-electron chi connectivity index (χ3n) is 7.34. The van der Waals surface area contributed by atoms with Gasteiger partial charge in [-0.2, -0.15) is 15.6 Å². The molecule has 3 aromatic heterocycles. The summed E-state index contributed by atoms with van der Waals surface area (Å²) in [6, 6.07) is 30.7. The lowest BCUT2D eigenvalue weighted by molar-refractivity contribution is 0.103. The Kier molecular flexibility index (Phi) is 6.24. The number of nitrogens with zero attached hydrogens (tertiary/aromatic N) is 5. The molecule has 0 fully saturated rings. The first-order chi connectivity index (χ1) is 21.4. The predicted octanol–water partition coefficient (Wildman–Crippen LogP) is 5.97. The van der Waals surface area contributed by atoms with E-state index < -0.39 is 15.8 Å². The minimum Gasteiger partial charge on any atom is -0.457 e. The second-order valence-electron chi connectivity index (χ2n) is 9.99. The normalized spacial score (nSPS) is 11.5. The van der Waals surface area contributed by atoms with Gasteiger partial charge in [0.05, 0.1) is 57.3 Å². The monoisotopic (exact) mass is 596 g/mol. The quantitative estimate of drug-likeness (QED) is 0.223. The number of ether oxygens (including phenoxy) is 1. The molecule has 7 rings (SSSR count). The number of carbonyl (C=O) groups is 1. The van der Waals surface area contributed by atoms with Crippen LogP contribution in [-0.2, 0) is 16.4 Å². The van der Waals surface area contributed by atoms with Gasteiger partial charge in [-0.05, 0) is 60.2 Å². The maximum Gasteiger partial charge on any atom is 0.268 e. The number of hydrogen-bond donors (Lipinski definition) is 1. The van der Waals surface area contributed by atoms with Gasteiger partial charge in [-0.3, -0.25) is 4.79 Å². The molecule has 4 aromatic carbocycles. The summed E-state index contributed by atoms with van der Waals surface area (Å²) in [6.45, 7) is 0. The van der Waals surface area contributed by atoms with E-state index in [1.54, 1.807) is 83.4 Å². The van der Waals surface area contributed by atoms with Crippen molar-refractivity contribution in [1.29, 1.82) is 10.5 Å². The van der Waals surface area contributed by atoms with Gasteiger partial charge in [0.25, 0.3) is 10.0 Å². The van der Waals surface area contributed by atoms with Crippen molar-refractivity contribution in [2.45, 2.75) is 11.3 Å². The first kappa shape index (κ1) is 26.7. The molecule has 0 unspecified atom stereocenters. The van der Waals surface area contributed by atoms with Gasteiger partial charge in [-0.25, -0.2) is 16.9 Å². The number of aromatic nitrogens is 4. The Morgan fingerprint density at radius 2 is 1.68 bits per heavy atom. The van der Waals surface area contributed by atoms with Crippen molar-refractivity contribution in [2.75, 3.05) is 0 Å². The Morgan fingerprint density at radius 3 is 2.48 bits per heavy atom. The third kappa shape index (κ3) is 4.28. The van der Waals surface area contributed by atoms with E-state index in [0.29, 0.717) is 50.2 Å². The average molecular weight is 597 g/mol. The van der Waals surface area contributed by atoms with E-state index in [1.807, 2.05) is 0 Å². The summed E-state index contributed by atoms with van der Waals surface area (Å²) in [5.41, 5.74) is 3.14. The highest BCUT2D eigenvalue weighted by atomic mass is 32.2. The van der Waals surface area contributed by atoms with Gasteiger partial charge in [0, 0.05) is 11.5 Å². The molecule has 0 aliphatic heterocycles. The van der Waals surface area contributed by atoms with Crippen molar-refractivity contribution >= 4 is 43.4 Å². The van der Waals surface area contributed by atoms with Crippen LogP contribution < -0.4 is 4.74 Å². The number of benzene rings is 4. The lowest BCUT2D eigenvalue weighted by Gasteiger charge is -2.11. The van der Waals surface area contributed by atoms with Crippen molar-refractivity contribution in [2.24, 2.45) is 0 Å². The van der Waals surface area contributed by atoms with Crippen LogP contribution in [0.2, 0.25) is 0 Å². The summed E-state index contributed by atoms with van der Waals surface area (Å²) in [5, 5.41) is 23.5. The smallest absolute Gasteiger partial charge is 0.268 e. The molecule has 0 atom stereocenters. The Bertz CT molecular complexity index is 2460. The van der Waals surface area contributed by atoms with E-state index in [9.17, 15) is 23.7 Å². The minimum absolute atomic E-state index is 0.0239. The molecule has 0 aliphatic carbocycles. The highest BCUT2D eigenvalue weighted by Gasteiger charge is 2.29. The number of aromatic amines is 1. The van der Waals surface area contributed by atoms with Crippen LogP contribution in [0, 0.1) is 22.7 Å². The van der Waals surface area contributed by atoms with Gasteiger partial charge in [-0.1, -0.05) is 36.4 Å². The highest BCUT2D eigenvalue weighted by molar-refractivity contribution is 7.90. The van der Waals surface area contributed by atoms with Crippen LogP contribution in [0.4, 0.5) is 0 Å². The fourth-order valence-electron chi connectivity index (χ4n) is 5.33. The molecule has 0 amide bonds. The predicted molar refractivity (Wildman–Crippen MR) is 162 cm³/mol. The summed E-state index contributed by atoms with van der Waals surface area (Å²) in [7, 11) is -4.20. The van der Waals surface area contributed by atoms with Crippen LogP contribution in [0.15, 0.2) is 108 Å². The minimum atomic E-state index is -4.20. The number of fused-ring (bicyclic) bond motifs is 4. The summed E-state index contributed by atoms with van der Waals surface area (Å²) in [5.74, 6) is 0.442. The standard InChI is InChI=1S/C33H20N6O4S/c34-15-14-22-7-5-11-29-26(22)18-31(39(29)44(41,42)25-9-2-1-3-10-25)32(40)27-20-36-38-30-13-12-24(17-28(30)37-33(27)38)43-23-8-4-6-21(16-23)19-35/h1-13,16-18,20,37H,14H2. The largest absolute Gasteiger partial charge is 0.457 e. The Morgan fingerprint density at radius 1 is 0.886 bits per heavy atom. The molecule has 7 aromatic rings. The van der Waals surface area contributed by atoms with Gasteiger partial charge in [0.2, 0.25) is 5.78 Å². The van der Waals surface area contributed by atoms with Crippen LogP contribution in [0.25, 0.3) is 27.6 Å². The number of H-pyrrole nitrogens is 1. The maximum absolute atomic E-state index is 14.2. The molecule has 3 heterocycles. The molecule has 0 spiro atoms. The summed E-state index contributed by atoms with van der Waals surface area (Å²) in [4.78, 5) is 17.5. The van der Waals surface area contributed by atoms with Crippen LogP contribution in [0.1, 0.15) is 27.2 Å². The fraction of sp³-hybridized carbons (Fsp3) is 0.0303. The number of rotatable bonds is 7. The van der Waals surface area contributed by atoms with E-state index in [-0.39, 0.29) is 22.6 Å². The number of hydrogen-bond acceptors (Lipinski definition) is 7. The van der Waals surface area contributed by atoms with Crippen LogP contribution in [0.3, 0.4) is 0 Å². The van der Waals surface area contributed by atoms with Gasteiger partial charge in [-0.15, -0.1) is 0 Å². The molecule has 0 saturated heterocycles. The molecule has 0 radical (unpaired) electrons. The van der Waals surface area contributed by atoms with E-state index in [0.717, 1.165) is 3.97 Å². The van der Waals surface area contributed by atoms with Crippen LogP contribution in [0.5, 0.6) is 11.5 Å². The molecule has 44 heavy (non-hydrogen) atoms. The van der Waals surface area contributed by atoms with Crippen molar-refractivity contribution < 1.29 is 17.9 Å². The first-order valence-corrected chi connectivity index (χ1v) is 14.9. The third-order valence-corrected chi connectivity index (χ3v) is 9.08. The lowest BCUT2D eigenvalue weighted by Crippen LogP contribution is -2.19. The molecule has 212 valence electrons. The van der Waals surface area contributed by atoms with Gasteiger partial charge >= 0.3 is 0 Å². The second kappa shape index (κ2) is 10.3. The zero-order valence-corrected chi connectivity index (χ0v) is 23.6. The van der Waals surface area contributed by atoms with Crippen LogP contribution in [-0.4, -0.2) is 32.8 Å². The van der Waals surface area contributed by atoms with Gasteiger partial charge < -0.3 is 9.72 Å². The zero-order valence-electron chi connectivity index (χ0n) is 22.8. The lowest BCUT2D eigenvalue weighted by atomic mass is 10.1. The zero-order chi connectivity index (χ0) is 30.4. The fourth-order valence-corrected chi connectivity index (χ4v) is 6.86. The number of carbonyl (C=O) groups excluding carboxylic acids is 1. The van der Waals surface area contributed by atoms with Crippen LogP contribution >= 0.6 is 0 Å². The number of imidazole rings is 1. The molecule has 0 aliphatic rings. The molecule has 10 nitrogen and oxygen atoms in total. The number of nitrogens with one attached hydrogen (secondary N) is 1. The first-order valence-electron chi connectivity index (χ1n) is 13.4. The van der Waals surface area contributed by atoms with E-state index in [4.69, 9.17) is 4.74 Å². The Labute approximate surface area is 250 Å². The molecule has 1 N–H and O–H groups in total. The summed E-state index contributed by atoms with van der Waals surface area (Å²) in [6.07, 6.45) is 1.45. The Hall–Kier alpha value is -6.17. The average Bonchev–Trinajstić information content (AvgIpc) is 3.74. The van der Waals surface area contributed by atoms with Gasteiger partial charge in [0.15, 0.2) is 0 Å². The summed E-state index contributed by atoms with van der Waals surface area (Å²) >= 11 is 0. The molecule has 0 bridgehead atoms. The topological polar surface area (TPSA) is 146 Å². The van der Waals surface area contributed by atoms with Gasteiger partial charge in [0.1, 0.15) is 22.8 Å². The molecular formula is C33H20N6O4S. The molecular weight excluding hydrogens is 576 g/mol. The number of nitriles is 2. The van der Waals surface area contributed by atoms with E-state index in [1.165, 1.54) is 24.4 Å². The second-order valence-corrected chi connectivity index (χ2v) is 11.8. The molecule has 11 heteroatoms. The molecule has 0 saturated carbocycles. The number of ketones is 1. The Balaban J connectivity index is 1.36. The SMILES string of the molecule is N#CCc1cccc2c1cc(C(=O)c1cnn3c1[nH]c1cc(Oc4cccc(C#N)c4)ccc13)n2S(=O)(=O)c1ccccc1. The van der Waals surface area contributed by atoms with E-state index >= 15 is 0 Å². The van der Waals surface area contributed by atoms with E-state index in [2.05, 4.69) is 22.2 Å². The van der Waals surface area contributed by atoms with Crippen molar-refractivity contribution in [3.8, 4) is 23.6 Å². The maximum atomic E-state index is 14.2.